The normalized spacial score (nSPS) is 11.2. The van der Waals surface area contributed by atoms with E-state index in [0.717, 1.165) is 0 Å². The molecule has 0 spiro atoms. The van der Waals surface area contributed by atoms with Crippen LogP contribution in [-0.2, 0) is 16.6 Å². The minimum absolute atomic E-state index is 0.00770. The summed E-state index contributed by atoms with van der Waals surface area (Å²) in [5, 5.41) is 17.9. The number of imidazole rings is 1. The molecule has 0 atom stereocenters. The third-order valence-corrected chi connectivity index (χ3v) is 5.71. The van der Waals surface area contributed by atoms with Crippen LogP contribution in [0.15, 0.2) is 54.9 Å². The molecule has 0 aliphatic carbocycles. The fraction of sp³-hybridized carbons (Fsp3) is 0.214. The Morgan fingerprint density at radius 2 is 1.83 bits per heavy atom. The summed E-state index contributed by atoms with van der Waals surface area (Å²) in [5.74, 6) is -6.73. The minimum Gasteiger partial charge on any atom is -0.504 e. The number of halogens is 2. The fourth-order valence-corrected chi connectivity index (χ4v) is 3.63. The largest absolute Gasteiger partial charge is 0.504 e. The molecule has 0 aliphatic heterocycles. The number of phenols is 1. The molecule has 2 aromatic carbocycles. The Bertz CT molecular complexity index is 1620. The molecule has 4 aromatic rings. The number of hydrogen-bond donors (Lipinski definition) is 3. The Morgan fingerprint density at radius 1 is 1.12 bits per heavy atom. The number of amidine groups is 1. The van der Waals surface area contributed by atoms with E-state index in [0.29, 0.717) is 11.4 Å². The van der Waals surface area contributed by atoms with Gasteiger partial charge < -0.3 is 34.4 Å². The number of aryl methyl sites for hydroxylation is 1. The van der Waals surface area contributed by atoms with E-state index >= 15 is 8.78 Å². The van der Waals surface area contributed by atoms with Crippen molar-refractivity contribution in [2.24, 2.45) is 12.8 Å². The van der Waals surface area contributed by atoms with Gasteiger partial charge in [0.2, 0.25) is 17.4 Å². The van der Waals surface area contributed by atoms with Crippen LogP contribution in [0.3, 0.4) is 0 Å². The van der Waals surface area contributed by atoms with Crippen molar-refractivity contribution in [3.05, 3.63) is 72.1 Å². The third kappa shape index (κ3) is 6.19. The number of nitrogen functional groups attached to an aromatic ring is 1. The second kappa shape index (κ2) is 11.5. The number of nitrogens with two attached hydrogens (primary N) is 1. The number of hydrogen-bond acceptors (Lipinski definition) is 9. The first kappa shape index (κ1) is 28.8. The molecule has 2 aromatic heterocycles. The first-order chi connectivity index (χ1) is 19.4. The van der Waals surface area contributed by atoms with Crippen LogP contribution in [0, 0.1) is 17.0 Å². The van der Waals surface area contributed by atoms with Gasteiger partial charge >= 0.3 is 5.97 Å². The lowest BCUT2D eigenvalue weighted by Crippen LogP contribution is -2.40. The van der Waals surface area contributed by atoms with Crippen molar-refractivity contribution in [3.8, 4) is 46.1 Å². The Labute approximate surface area is 233 Å². The van der Waals surface area contributed by atoms with E-state index in [1.807, 2.05) is 0 Å². The van der Waals surface area contributed by atoms with Crippen molar-refractivity contribution in [2.45, 2.75) is 26.4 Å². The monoisotopic (exact) mass is 567 g/mol. The maximum absolute atomic E-state index is 15.7. The van der Waals surface area contributed by atoms with Gasteiger partial charge in [0.25, 0.3) is 11.8 Å². The van der Waals surface area contributed by atoms with Crippen molar-refractivity contribution >= 4 is 11.8 Å². The van der Waals surface area contributed by atoms with Gasteiger partial charge in [-0.1, -0.05) is 12.1 Å². The summed E-state index contributed by atoms with van der Waals surface area (Å²) in [5.41, 5.74) is 4.47. The lowest BCUT2D eigenvalue weighted by Gasteiger charge is -2.25. The molecule has 4 N–H and O–H groups in total. The summed E-state index contributed by atoms with van der Waals surface area (Å²) in [4.78, 5) is 20.6. The Balaban J connectivity index is 1.81. The summed E-state index contributed by atoms with van der Waals surface area (Å²) in [6.07, 6.45) is 3.36. The van der Waals surface area contributed by atoms with E-state index in [1.54, 1.807) is 49.1 Å². The van der Waals surface area contributed by atoms with Crippen molar-refractivity contribution in [2.75, 3.05) is 6.61 Å². The van der Waals surface area contributed by atoms with Crippen LogP contribution in [0.1, 0.15) is 26.3 Å². The van der Waals surface area contributed by atoms with E-state index in [1.165, 1.54) is 38.1 Å². The van der Waals surface area contributed by atoms with Gasteiger partial charge in [0, 0.05) is 30.6 Å². The number of phenolic OH excluding ortho intramolecular Hbond substituents is 1. The Kier molecular flexibility index (Phi) is 8.08. The van der Waals surface area contributed by atoms with Crippen molar-refractivity contribution in [1.82, 2.24) is 14.5 Å². The zero-order chi connectivity index (χ0) is 29.9. The van der Waals surface area contributed by atoms with Crippen molar-refractivity contribution < 1.29 is 37.6 Å². The third-order valence-electron chi connectivity index (χ3n) is 5.71. The smallest absolute Gasteiger partial charge is 0.349 e. The molecule has 13 heteroatoms. The lowest BCUT2D eigenvalue weighted by molar-refractivity contribution is -0.159. The molecule has 214 valence electrons. The highest BCUT2D eigenvalue weighted by Crippen LogP contribution is 2.41. The topological polar surface area (TPSA) is 155 Å². The maximum Gasteiger partial charge on any atom is 0.349 e. The molecule has 0 saturated carbocycles. The molecule has 0 aliphatic rings. The van der Waals surface area contributed by atoms with Crippen LogP contribution in [0.2, 0.25) is 0 Å². The van der Waals surface area contributed by atoms with Crippen molar-refractivity contribution in [1.29, 1.82) is 5.41 Å². The number of carbonyl (C=O) groups excluding carboxylic acids is 1. The molecular weight excluding hydrogens is 540 g/mol. The molecule has 4 rings (SSSR count). The summed E-state index contributed by atoms with van der Waals surface area (Å²) in [6.45, 7) is 4.11. The number of nitrogens with one attached hydrogen (secondary N) is 1. The molecule has 2 heterocycles. The molecule has 0 fully saturated rings. The van der Waals surface area contributed by atoms with Gasteiger partial charge in [-0.15, -0.1) is 0 Å². The number of aromatic hydroxyl groups is 1. The maximum atomic E-state index is 15.7. The number of esters is 1. The van der Waals surface area contributed by atoms with Gasteiger partial charge in [0.15, 0.2) is 17.1 Å². The number of rotatable bonds is 10. The molecule has 0 bridgehead atoms. The molecule has 0 unspecified atom stereocenters. The van der Waals surface area contributed by atoms with E-state index < -0.39 is 46.5 Å². The lowest BCUT2D eigenvalue weighted by atomic mass is 10.1. The van der Waals surface area contributed by atoms with E-state index in [9.17, 15) is 9.90 Å². The first-order valence-corrected chi connectivity index (χ1v) is 12.3. The molecule has 11 nitrogen and oxygen atoms in total. The van der Waals surface area contributed by atoms with E-state index in [2.05, 4.69) is 9.97 Å². The predicted molar refractivity (Wildman–Crippen MR) is 143 cm³/mol. The average Bonchev–Trinajstić information content (AvgIpc) is 3.36. The minimum atomic E-state index is -1.83. The van der Waals surface area contributed by atoms with Gasteiger partial charge in [-0.2, -0.15) is 13.8 Å². The van der Waals surface area contributed by atoms with Gasteiger partial charge in [-0.25, -0.2) is 9.78 Å². The summed E-state index contributed by atoms with van der Waals surface area (Å²) in [7, 11) is 1.80. The number of nitrogens with zero attached hydrogens (tertiary/aromatic N) is 3. The average molecular weight is 568 g/mol. The van der Waals surface area contributed by atoms with Crippen LogP contribution in [0.4, 0.5) is 8.78 Å². The quantitative estimate of drug-likeness (QED) is 0.136. The molecular formula is C28H27F2N5O6. The van der Waals surface area contributed by atoms with Gasteiger partial charge in [-0.3, -0.25) is 5.41 Å². The van der Waals surface area contributed by atoms with Crippen LogP contribution in [0.5, 0.6) is 34.8 Å². The van der Waals surface area contributed by atoms with Crippen molar-refractivity contribution in [3.63, 3.8) is 0 Å². The molecule has 0 amide bonds. The van der Waals surface area contributed by atoms with Gasteiger partial charge in [-0.05, 0) is 51.1 Å². The second-order valence-corrected chi connectivity index (χ2v) is 9.20. The molecule has 0 saturated heterocycles. The number of aromatic nitrogens is 3. The highest BCUT2D eigenvalue weighted by atomic mass is 19.1. The van der Waals surface area contributed by atoms with Crippen LogP contribution in [-0.4, -0.2) is 43.7 Å². The number of ether oxygens (including phenoxy) is 4. The van der Waals surface area contributed by atoms with E-state index in [4.69, 9.17) is 30.1 Å². The molecule has 41 heavy (non-hydrogen) atoms. The number of benzene rings is 2. The predicted octanol–water partition coefficient (Wildman–Crippen LogP) is 5.06. The summed E-state index contributed by atoms with van der Waals surface area (Å²) < 4.78 is 54.8. The number of carbonyl (C=O) groups is 1. The van der Waals surface area contributed by atoms with Crippen LogP contribution < -0.4 is 19.9 Å². The summed E-state index contributed by atoms with van der Waals surface area (Å²) >= 11 is 0. The first-order valence-electron chi connectivity index (χ1n) is 12.3. The second-order valence-electron chi connectivity index (χ2n) is 9.20. The Hall–Kier alpha value is -5.20. The van der Waals surface area contributed by atoms with Gasteiger partial charge in [0.1, 0.15) is 17.4 Å². The highest BCUT2D eigenvalue weighted by molar-refractivity contribution is 5.95. The number of pyridine rings is 1. The van der Waals surface area contributed by atoms with Gasteiger partial charge in [0.05, 0.1) is 6.61 Å². The van der Waals surface area contributed by atoms with Crippen LogP contribution >= 0.6 is 0 Å². The Morgan fingerprint density at radius 3 is 2.46 bits per heavy atom. The summed E-state index contributed by atoms with van der Waals surface area (Å²) in [6, 6.07) is 10.2. The van der Waals surface area contributed by atoms with Crippen LogP contribution in [0.25, 0.3) is 11.4 Å². The molecule has 0 radical (unpaired) electrons. The SMILES string of the molecule is CCOC(=O)C(C)(C)Oc1c(F)c(Oc2cccc(-c3nccn3C)c2)nc(Oc2cc(C(=N)N)ccc2O)c1F. The zero-order valence-electron chi connectivity index (χ0n) is 22.6. The highest BCUT2D eigenvalue weighted by Gasteiger charge is 2.36. The zero-order valence-corrected chi connectivity index (χ0v) is 22.6. The fourth-order valence-electron chi connectivity index (χ4n) is 3.63. The standard InChI is InChI=1S/C28H27F2N5O6/c1-5-38-27(37)28(2,3)41-22-20(29)25(39-17-8-6-7-16(13-17)24-33-11-12-35(24)4)34-26(21(22)30)40-19-14-15(23(31)32)9-10-18(19)36/h6-14,36H,5H2,1-4H3,(H3,31,32). The van der Waals surface area contributed by atoms with E-state index in [-0.39, 0.29) is 29.5 Å².